The molecule has 2 N–H and O–H groups in total. The first-order valence-electron chi connectivity index (χ1n) is 7.04. The van der Waals surface area contributed by atoms with Gasteiger partial charge in [0, 0.05) is 13.1 Å². The Morgan fingerprint density at radius 2 is 1.95 bits per heavy atom. The molecule has 4 nitrogen and oxygen atoms in total. The molecule has 0 heterocycles. The van der Waals surface area contributed by atoms with Crippen LogP contribution in [0.25, 0.3) is 0 Å². The van der Waals surface area contributed by atoms with Crippen LogP contribution in [0.5, 0.6) is 11.5 Å². The zero-order valence-corrected chi connectivity index (χ0v) is 11.5. The number of rotatable bonds is 9. The number of ether oxygens (including phenoxy) is 2. The minimum absolute atomic E-state index is 0.198. The Bertz CT molecular complexity index is 379. The average Bonchev–Trinajstić information content (AvgIpc) is 3.24. The van der Waals surface area contributed by atoms with Crippen molar-refractivity contribution in [2.24, 2.45) is 5.92 Å². The molecular weight excluding hydrogens is 242 g/mol. The van der Waals surface area contributed by atoms with E-state index in [2.05, 4.69) is 5.32 Å². The second kappa shape index (κ2) is 7.36. The summed E-state index contributed by atoms with van der Waals surface area (Å²) >= 11 is 0. The maximum absolute atomic E-state index is 9.70. The van der Waals surface area contributed by atoms with Crippen LogP contribution in [0.15, 0.2) is 24.3 Å². The fourth-order valence-corrected chi connectivity index (χ4v) is 1.97. The summed E-state index contributed by atoms with van der Waals surface area (Å²) in [5.74, 6) is 2.07. The summed E-state index contributed by atoms with van der Waals surface area (Å²) in [5.41, 5.74) is 0. The minimum Gasteiger partial charge on any atom is -0.490 e. The van der Waals surface area contributed by atoms with Crippen LogP contribution in [0, 0.1) is 5.92 Å². The lowest BCUT2D eigenvalue weighted by molar-refractivity contribution is 0.146. The van der Waals surface area contributed by atoms with Gasteiger partial charge in [-0.3, -0.25) is 0 Å². The van der Waals surface area contributed by atoms with Crippen molar-refractivity contribution >= 4 is 0 Å². The minimum atomic E-state index is -0.198. The molecule has 1 fully saturated rings. The first kappa shape index (κ1) is 14.2. The number of para-hydroxylation sites is 2. The third-order valence-corrected chi connectivity index (χ3v) is 3.21. The Morgan fingerprint density at radius 3 is 2.58 bits per heavy atom. The van der Waals surface area contributed by atoms with Crippen molar-refractivity contribution in [3.8, 4) is 11.5 Å². The van der Waals surface area contributed by atoms with Gasteiger partial charge in [0.05, 0.1) is 12.7 Å². The van der Waals surface area contributed by atoms with E-state index in [1.165, 1.54) is 12.8 Å². The van der Waals surface area contributed by atoms with Crippen LogP contribution in [0.3, 0.4) is 0 Å². The van der Waals surface area contributed by atoms with E-state index in [1.807, 2.05) is 31.2 Å². The van der Waals surface area contributed by atoms with Crippen LogP contribution in [-0.2, 0) is 0 Å². The van der Waals surface area contributed by atoms with Gasteiger partial charge < -0.3 is 19.9 Å². The molecular formula is C15H23NO3. The number of aliphatic hydroxyl groups is 1. The van der Waals surface area contributed by atoms with Crippen molar-refractivity contribution in [2.45, 2.75) is 25.9 Å². The molecule has 1 aliphatic carbocycles. The van der Waals surface area contributed by atoms with Gasteiger partial charge in [-0.05, 0) is 37.8 Å². The van der Waals surface area contributed by atoms with Crippen LogP contribution in [-0.4, -0.2) is 37.5 Å². The quantitative estimate of drug-likeness (QED) is 0.669. The van der Waals surface area contributed by atoms with Gasteiger partial charge in [-0.2, -0.15) is 0 Å². The third-order valence-electron chi connectivity index (χ3n) is 3.21. The van der Waals surface area contributed by atoms with Crippen LogP contribution in [0.1, 0.15) is 19.8 Å². The highest BCUT2D eigenvalue weighted by Crippen LogP contribution is 2.32. The van der Waals surface area contributed by atoms with Crippen molar-refractivity contribution in [1.29, 1.82) is 0 Å². The number of nitrogens with one attached hydrogen (secondary N) is 1. The molecule has 0 saturated heterocycles. The third kappa shape index (κ3) is 4.73. The van der Waals surface area contributed by atoms with Gasteiger partial charge in [0.1, 0.15) is 6.61 Å². The van der Waals surface area contributed by atoms with Gasteiger partial charge in [-0.25, -0.2) is 0 Å². The Balaban J connectivity index is 1.64. The molecule has 2 rings (SSSR count). The Morgan fingerprint density at radius 1 is 1.26 bits per heavy atom. The molecule has 1 aromatic carbocycles. The molecule has 19 heavy (non-hydrogen) atoms. The SMILES string of the molecule is CCOc1ccccc1OCCNCC(O)C1CC1. The van der Waals surface area contributed by atoms with E-state index < -0.39 is 0 Å². The Labute approximate surface area is 114 Å². The zero-order chi connectivity index (χ0) is 13.5. The first-order valence-corrected chi connectivity index (χ1v) is 7.04. The molecule has 0 aliphatic heterocycles. The number of benzene rings is 1. The normalized spacial score (nSPS) is 16.1. The second-order valence-corrected chi connectivity index (χ2v) is 4.84. The van der Waals surface area contributed by atoms with E-state index in [0.29, 0.717) is 25.7 Å². The molecule has 1 aliphatic rings. The number of hydrogen-bond acceptors (Lipinski definition) is 4. The van der Waals surface area contributed by atoms with Gasteiger partial charge in [0.2, 0.25) is 0 Å². The van der Waals surface area contributed by atoms with Crippen LogP contribution >= 0.6 is 0 Å². The van der Waals surface area contributed by atoms with Crippen molar-refractivity contribution in [2.75, 3.05) is 26.3 Å². The summed E-state index contributed by atoms with van der Waals surface area (Å²) in [7, 11) is 0. The zero-order valence-electron chi connectivity index (χ0n) is 11.5. The highest BCUT2D eigenvalue weighted by Gasteiger charge is 2.28. The van der Waals surface area contributed by atoms with Gasteiger partial charge in [0.25, 0.3) is 0 Å². The maximum atomic E-state index is 9.70. The fourth-order valence-electron chi connectivity index (χ4n) is 1.97. The molecule has 4 heteroatoms. The standard InChI is InChI=1S/C15H23NO3/c1-2-18-14-5-3-4-6-15(14)19-10-9-16-11-13(17)12-7-8-12/h3-6,12-13,16-17H,2,7-11H2,1H3. The summed E-state index contributed by atoms with van der Waals surface area (Å²) in [6.07, 6.45) is 2.14. The van der Waals surface area contributed by atoms with E-state index in [9.17, 15) is 5.11 Å². The van der Waals surface area contributed by atoms with Crippen LogP contribution in [0.4, 0.5) is 0 Å². The lowest BCUT2D eigenvalue weighted by Gasteiger charge is -2.13. The lowest BCUT2D eigenvalue weighted by atomic mass is 10.2. The van der Waals surface area contributed by atoms with E-state index in [4.69, 9.17) is 9.47 Å². The molecule has 0 radical (unpaired) electrons. The predicted molar refractivity (Wildman–Crippen MR) is 74.7 cm³/mol. The average molecular weight is 265 g/mol. The molecule has 0 spiro atoms. The summed E-state index contributed by atoms with van der Waals surface area (Å²) in [5, 5.41) is 12.9. The van der Waals surface area contributed by atoms with Gasteiger partial charge in [-0.1, -0.05) is 12.1 Å². The monoisotopic (exact) mass is 265 g/mol. The van der Waals surface area contributed by atoms with Crippen molar-refractivity contribution in [3.63, 3.8) is 0 Å². The number of hydrogen-bond donors (Lipinski definition) is 2. The van der Waals surface area contributed by atoms with Crippen LogP contribution in [0.2, 0.25) is 0 Å². The molecule has 1 atom stereocenters. The molecule has 1 aromatic rings. The van der Waals surface area contributed by atoms with Gasteiger partial charge in [0.15, 0.2) is 11.5 Å². The number of aliphatic hydroxyl groups excluding tert-OH is 1. The second-order valence-electron chi connectivity index (χ2n) is 4.84. The topological polar surface area (TPSA) is 50.7 Å². The van der Waals surface area contributed by atoms with Gasteiger partial charge >= 0.3 is 0 Å². The molecule has 1 saturated carbocycles. The molecule has 0 amide bonds. The van der Waals surface area contributed by atoms with E-state index in [0.717, 1.165) is 18.0 Å². The van der Waals surface area contributed by atoms with E-state index in [-0.39, 0.29) is 6.10 Å². The summed E-state index contributed by atoms with van der Waals surface area (Å²) in [6.45, 7) is 4.54. The highest BCUT2D eigenvalue weighted by molar-refractivity contribution is 5.39. The largest absolute Gasteiger partial charge is 0.490 e. The van der Waals surface area contributed by atoms with Crippen molar-refractivity contribution < 1.29 is 14.6 Å². The fraction of sp³-hybridized carbons (Fsp3) is 0.600. The lowest BCUT2D eigenvalue weighted by Crippen LogP contribution is -2.31. The van der Waals surface area contributed by atoms with Crippen LogP contribution < -0.4 is 14.8 Å². The molecule has 1 unspecified atom stereocenters. The summed E-state index contributed by atoms with van der Waals surface area (Å²) in [6, 6.07) is 7.68. The van der Waals surface area contributed by atoms with E-state index in [1.54, 1.807) is 0 Å². The first-order chi connectivity index (χ1) is 9.31. The molecule has 0 bridgehead atoms. The predicted octanol–water partition coefficient (Wildman–Crippen LogP) is 1.82. The maximum Gasteiger partial charge on any atom is 0.161 e. The Hall–Kier alpha value is -1.26. The smallest absolute Gasteiger partial charge is 0.161 e. The summed E-state index contributed by atoms with van der Waals surface area (Å²) in [4.78, 5) is 0. The highest BCUT2D eigenvalue weighted by atomic mass is 16.5. The van der Waals surface area contributed by atoms with E-state index >= 15 is 0 Å². The molecule has 106 valence electrons. The summed E-state index contributed by atoms with van der Waals surface area (Å²) < 4.78 is 11.2. The van der Waals surface area contributed by atoms with Crippen molar-refractivity contribution in [3.05, 3.63) is 24.3 Å². The molecule has 0 aromatic heterocycles. The van der Waals surface area contributed by atoms with Crippen molar-refractivity contribution in [1.82, 2.24) is 5.32 Å². The Kier molecular flexibility index (Phi) is 5.48. The van der Waals surface area contributed by atoms with Gasteiger partial charge in [-0.15, -0.1) is 0 Å².